The Bertz CT molecular complexity index is 330. The highest BCUT2D eigenvalue weighted by molar-refractivity contribution is 5.89. The van der Waals surface area contributed by atoms with Crippen LogP contribution in [0.1, 0.15) is 16.8 Å². The molecule has 1 aliphatic rings. The Hall–Kier alpha value is -1.56. The van der Waals surface area contributed by atoms with E-state index < -0.39 is 5.97 Å². The van der Waals surface area contributed by atoms with E-state index >= 15 is 0 Å². The highest BCUT2D eigenvalue weighted by atomic mass is 16.6. The van der Waals surface area contributed by atoms with E-state index in [4.69, 9.17) is 14.6 Å². The van der Waals surface area contributed by atoms with E-state index in [0.29, 0.717) is 13.2 Å². The van der Waals surface area contributed by atoms with Crippen LogP contribution in [0.4, 0.5) is 0 Å². The van der Waals surface area contributed by atoms with E-state index in [1.165, 1.54) is 6.20 Å². The average molecular weight is 198 g/mol. The molecule has 1 unspecified atom stereocenters. The lowest BCUT2D eigenvalue weighted by Crippen LogP contribution is -2.17. The molecule has 1 aromatic rings. The Morgan fingerprint density at radius 1 is 1.79 bits per heavy atom. The van der Waals surface area contributed by atoms with Crippen molar-refractivity contribution in [3.63, 3.8) is 0 Å². The summed E-state index contributed by atoms with van der Waals surface area (Å²) in [5.74, 6) is -0.847. The summed E-state index contributed by atoms with van der Waals surface area (Å²) in [6.07, 6.45) is 1.93. The van der Waals surface area contributed by atoms with Gasteiger partial charge < -0.3 is 14.6 Å². The lowest BCUT2D eigenvalue weighted by Gasteiger charge is -2.09. The van der Waals surface area contributed by atoms with Crippen molar-refractivity contribution in [3.05, 3.63) is 11.8 Å². The second-order valence-electron chi connectivity index (χ2n) is 3.02. The van der Waals surface area contributed by atoms with Crippen molar-refractivity contribution < 1.29 is 19.4 Å². The predicted molar refractivity (Wildman–Crippen MR) is 45.4 cm³/mol. The number of carboxylic acids is 1. The van der Waals surface area contributed by atoms with E-state index in [9.17, 15) is 4.79 Å². The molecule has 0 aromatic carbocycles. The molecule has 0 spiro atoms. The molecule has 0 aliphatic carbocycles. The number of carbonyl (C=O) groups is 1. The lowest BCUT2D eigenvalue weighted by molar-refractivity contribution is 0.0687. The first-order valence-corrected chi connectivity index (χ1v) is 4.28. The summed E-state index contributed by atoms with van der Waals surface area (Å²) in [6, 6.07) is 0. The zero-order valence-corrected chi connectivity index (χ0v) is 7.40. The molecule has 1 atom stereocenters. The molecule has 1 fully saturated rings. The zero-order valence-electron chi connectivity index (χ0n) is 7.40. The summed E-state index contributed by atoms with van der Waals surface area (Å²) in [5, 5.41) is 14.9. The van der Waals surface area contributed by atoms with Gasteiger partial charge in [0.15, 0.2) is 0 Å². The highest BCUT2D eigenvalue weighted by Gasteiger charge is 2.21. The van der Waals surface area contributed by atoms with Crippen LogP contribution in [0.25, 0.3) is 0 Å². The van der Waals surface area contributed by atoms with Crippen LogP contribution in [0.3, 0.4) is 0 Å². The van der Waals surface area contributed by atoms with Gasteiger partial charge in [0.1, 0.15) is 11.7 Å². The Morgan fingerprint density at radius 3 is 3.29 bits per heavy atom. The molecule has 2 heterocycles. The van der Waals surface area contributed by atoms with E-state index in [1.54, 1.807) is 0 Å². The number of aromatic carboxylic acids is 1. The van der Waals surface area contributed by atoms with Crippen LogP contribution in [0, 0.1) is 0 Å². The van der Waals surface area contributed by atoms with Crippen LogP contribution in [0.15, 0.2) is 6.20 Å². The van der Waals surface area contributed by atoms with Gasteiger partial charge >= 0.3 is 5.97 Å². The number of ether oxygens (including phenoxy) is 2. The third-order valence-electron chi connectivity index (χ3n) is 2.01. The smallest absolute Gasteiger partial charge is 0.342 e. The van der Waals surface area contributed by atoms with Crippen LogP contribution in [0.5, 0.6) is 5.88 Å². The first kappa shape index (κ1) is 9.01. The molecule has 6 heteroatoms. The third kappa shape index (κ3) is 1.69. The minimum absolute atomic E-state index is 0.0527. The molecule has 2 rings (SSSR count). The number of H-pyrrole nitrogens is 1. The van der Waals surface area contributed by atoms with Crippen molar-refractivity contribution in [2.24, 2.45) is 0 Å². The van der Waals surface area contributed by atoms with Crippen LogP contribution in [0.2, 0.25) is 0 Å². The molecule has 0 bridgehead atoms. The van der Waals surface area contributed by atoms with Crippen LogP contribution in [-0.4, -0.2) is 40.6 Å². The van der Waals surface area contributed by atoms with Gasteiger partial charge in [-0.05, 0) is 0 Å². The van der Waals surface area contributed by atoms with Gasteiger partial charge in [0, 0.05) is 6.42 Å². The number of rotatable bonds is 3. The second-order valence-corrected chi connectivity index (χ2v) is 3.02. The van der Waals surface area contributed by atoms with Gasteiger partial charge in [-0.25, -0.2) is 9.89 Å². The number of hydrogen-bond acceptors (Lipinski definition) is 4. The van der Waals surface area contributed by atoms with E-state index in [1.807, 2.05) is 0 Å². The molecule has 14 heavy (non-hydrogen) atoms. The monoisotopic (exact) mass is 198 g/mol. The lowest BCUT2D eigenvalue weighted by atomic mass is 10.3. The molecular formula is C8H10N2O4. The Labute approximate surface area is 79.8 Å². The fourth-order valence-corrected chi connectivity index (χ4v) is 1.29. The summed E-state index contributed by atoms with van der Waals surface area (Å²) in [7, 11) is 0. The normalized spacial score (nSPS) is 21.0. The Morgan fingerprint density at radius 2 is 2.64 bits per heavy atom. The van der Waals surface area contributed by atoms with Crippen LogP contribution in [-0.2, 0) is 4.74 Å². The van der Waals surface area contributed by atoms with Crippen LogP contribution < -0.4 is 4.74 Å². The third-order valence-corrected chi connectivity index (χ3v) is 2.01. The maximum Gasteiger partial charge on any atom is 0.342 e. The molecule has 0 saturated carbocycles. The molecule has 0 radical (unpaired) electrons. The number of aromatic nitrogens is 2. The number of carboxylic acid groups (broad SMARTS) is 1. The van der Waals surface area contributed by atoms with Gasteiger partial charge in [-0.1, -0.05) is 0 Å². The Balaban J connectivity index is 2.07. The van der Waals surface area contributed by atoms with Crippen molar-refractivity contribution in [1.82, 2.24) is 10.2 Å². The van der Waals surface area contributed by atoms with Crippen molar-refractivity contribution >= 4 is 5.97 Å². The minimum Gasteiger partial charge on any atom is -0.477 e. The van der Waals surface area contributed by atoms with Gasteiger partial charge in [0.25, 0.3) is 0 Å². The van der Waals surface area contributed by atoms with E-state index in [0.717, 1.165) is 6.42 Å². The fraction of sp³-hybridized carbons (Fsp3) is 0.500. The fourth-order valence-electron chi connectivity index (χ4n) is 1.29. The molecule has 1 aromatic heterocycles. The summed E-state index contributed by atoms with van der Waals surface area (Å²) < 4.78 is 10.5. The molecule has 76 valence electrons. The molecule has 1 saturated heterocycles. The summed E-state index contributed by atoms with van der Waals surface area (Å²) in [6.45, 7) is 1.15. The minimum atomic E-state index is -1.05. The van der Waals surface area contributed by atoms with Crippen molar-refractivity contribution in [2.45, 2.75) is 12.5 Å². The molecule has 1 aliphatic heterocycles. The molecular weight excluding hydrogens is 188 g/mol. The number of nitrogens with one attached hydrogen (secondary N) is 1. The first-order valence-electron chi connectivity index (χ1n) is 4.28. The van der Waals surface area contributed by atoms with Crippen molar-refractivity contribution in [3.8, 4) is 5.88 Å². The standard InChI is InChI=1S/C8H10N2O4/c11-8(12)6-3-9-10-7(6)14-5-1-2-13-4-5/h3,5H,1-2,4H2,(H,9,10)(H,11,12). The van der Waals surface area contributed by atoms with Gasteiger partial charge in [-0.15, -0.1) is 0 Å². The zero-order chi connectivity index (χ0) is 9.97. The Kier molecular flexibility index (Phi) is 2.36. The number of nitrogens with zero attached hydrogens (tertiary/aromatic N) is 1. The molecule has 2 N–H and O–H groups in total. The van der Waals surface area contributed by atoms with Gasteiger partial charge in [-0.3, -0.25) is 0 Å². The largest absolute Gasteiger partial charge is 0.477 e. The summed E-state index contributed by atoms with van der Waals surface area (Å²) in [4.78, 5) is 10.7. The van der Waals surface area contributed by atoms with Crippen molar-refractivity contribution in [1.29, 1.82) is 0 Å². The maximum absolute atomic E-state index is 10.7. The molecule has 6 nitrogen and oxygen atoms in total. The van der Waals surface area contributed by atoms with E-state index in [2.05, 4.69) is 10.2 Å². The quantitative estimate of drug-likeness (QED) is 0.728. The van der Waals surface area contributed by atoms with Crippen LogP contribution >= 0.6 is 0 Å². The van der Waals surface area contributed by atoms with Gasteiger partial charge in [0.2, 0.25) is 5.88 Å². The highest BCUT2D eigenvalue weighted by Crippen LogP contribution is 2.18. The maximum atomic E-state index is 10.7. The van der Waals surface area contributed by atoms with Gasteiger partial charge in [0.05, 0.1) is 19.4 Å². The van der Waals surface area contributed by atoms with E-state index in [-0.39, 0.29) is 17.5 Å². The summed E-state index contributed by atoms with van der Waals surface area (Å²) >= 11 is 0. The van der Waals surface area contributed by atoms with Gasteiger partial charge in [-0.2, -0.15) is 5.10 Å². The molecule has 0 amide bonds. The predicted octanol–water partition coefficient (Wildman–Crippen LogP) is 0.276. The second kappa shape index (κ2) is 3.67. The topological polar surface area (TPSA) is 84.4 Å². The number of hydrogen-bond donors (Lipinski definition) is 2. The SMILES string of the molecule is O=C(O)c1cn[nH]c1OC1CCOC1. The summed E-state index contributed by atoms with van der Waals surface area (Å²) in [5.41, 5.74) is 0.0527. The average Bonchev–Trinajstić information content (AvgIpc) is 2.75. The van der Waals surface area contributed by atoms with Crippen molar-refractivity contribution in [2.75, 3.05) is 13.2 Å². The first-order chi connectivity index (χ1) is 6.77. The number of aromatic amines is 1.